The van der Waals surface area contributed by atoms with Gasteiger partial charge in [-0.3, -0.25) is 14.9 Å². The maximum Gasteiger partial charge on any atom is 0.311 e. The minimum absolute atomic E-state index is 0.0920. The molecular weight excluding hydrogens is 264 g/mol. The number of benzene rings is 1. The number of esters is 1. The van der Waals surface area contributed by atoms with E-state index < -0.39 is 4.92 Å². The molecule has 0 N–H and O–H groups in total. The molecule has 0 bridgehead atoms. The number of ether oxygens (including phenoxy) is 2. The van der Waals surface area contributed by atoms with Crippen LogP contribution in [0.15, 0.2) is 18.2 Å². The first kappa shape index (κ1) is 15.7. The second-order valence-electron chi connectivity index (χ2n) is 4.42. The van der Waals surface area contributed by atoms with E-state index in [0.717, 1.165) is 5.69 Å². The van der Waals surface area contributed by atoms with Crippen molar-refractivity contribution >= 4 is 17.3 Å². The highest BCUT2D eigenvalue weighted by molar-refractivity contribution is 5.72. The molecule has 0 aliphatic rings. The van der Waals surface area contributed by atoms with Gasteiger partial charge < -0.3 is 14.4 Å². The number of nitro benzene ring substituents is 1. The first-order chi connectivity index (χ1) is 9.40. The highest BCUT2D eigenvalue weighted by Gasteiger charge is 2.19. The largest absolute Gasteiger partial charge is 0.490 e. The van der Waals surface area contributed by atoms with Crippen LogP contribution in [0.4, 0.5) is 11.4 Å². The van der Waals surface area contributed by atoms with Crippen molar-refractivity contribution in [2.75, 3.05) is 32.7 Å². The molecule has 0 heterocycles. The molecule has 0 saturated heterocycles. The Kier molecular flexibility index (Phi) is 5.31. The maximum absolute atomic E-state index is 11.4. The van der Waals surface area contributed by atoms with Gasteiger partial charge in [0, 0.05) is 31.4 Å². The lowest BCUT2D eigenvalue weighted by atomic mass is 10.1. The molecule has 0 radical (unpaired) electrons. The van der Waals surface area contributed by atoms with Gasteiger partial charge in [0.1, 0.15) is 0 Å². The Bertz CT molecular complexity index is 504. The van der Waals surface area contributed by atoms with E-state index in [-0.39, 0.29) is 23.3 Å². The number of hydrogen-bond donors (Lipinski definition) is 0. The SMILES string of the molecule is COC(=O)C(C)CN(C)c1ccc([N+](=O)[O-])c(OC)c1. The van der Waals surface area contributed by atoms with Gasteiger partial charge in [0.05, 0.1) is 25.1 Å². The van der Waals surface area contributed by atoms with Crippen LogP contribution in [0.2, 0.25) is 0 Å². The average molecular weight is 282 g/mol. The number of carbonyl (C=O) groups excluding carboxylic acids is 1. The summed E-state index contributed by atoms with van der Waals surface area (Å²) in [4.78, 5) is 23.5. The molecule has 7 heteroatoms. The van der Waals surface area contributed by atoms with E-state index in [0.29, 0.717) is 6.54 Å². The van der Waals surface area contributed by atoms with Crippen LogP contribution in [0, 0.1) is 16.0 Å². The number of anilines is 1. The zero-order chi connectivity index (χ0) is 15.3. The number of methoxy groups -OCH3 is 2. The second-order valence-corrected chi connectivity index (χ2v) is 4.42. The van der Waals surface area contributed by atoms with Crippen LogP contribution in [-0.4, -0.2) is 38.7 Å². The molecule has 0 saturated carbocycles. The summed E-state index contributed by atoms with van der Waals surface area (Å²) < 4.78 is 9.68. The lowest BCUT2D eigenvalue weighted by Gasteiger charge is -2.22. The first-order valence-electron chi connectivity index (χ1n) is 6.02. The van der Waals surface area contributed by atoms with Gasteiger partial charge in [0.15, 0.2) is 5.75 Å². The molecule has 0 aliphatic carbocycles. The second kappa shape index (κ2) is 6.74. The Labute approximate surface area is 117 Å². The fraction of sp³-hybridized carbons (Fsp3) is 0.462. The molecule has 0 aromatic heterocycles. The van der Waals surface area contributed by atoms with E-state index in [4.69, 9.17) is 4.74 Å². The molecule has 1 aromatic carbocycles. The van der Waals surface area contributed by atoms with E-state index in [1.807, 2.05) is 4.90 Å². The van der Waals surface area contributed by atoms with Gasteiger partial charge in [-0.25, -0.2) is 0 Å². The molecule has 1 atom stereocenters. The monoisotopic (exact) mass is 282 g/mol. The summed E-state index contributed by atoms with van der Waals surface area (Å²) in [5.41, 5.74) is 0.633. The molecule has 1 rings (SSSR count). The van der Waals surface area contributed by atoms with Crippen LogP contribution in [0.5, 0.6) is 5.75 Å². The lowest BCUT2D eigenvalue weighted by molar-refractivity contribution is -0.385. The maximum atomic E-state index is 11.4. The van der Waals surface area contributed by atoms with Crippen molar-refractivity contribution in [1.29, 1.82) is 0 Å². The lowest BCUT2D eigenvalue weighted by Crippen LogP contribution is -2.29. The number of rotatable bonds is 6. The van der Waals surface area contributed by atoms with Gasteiger partial charge >= 0.3 is 11.7 Å². The summed E-state index contributed by atoms with van der Waals surface area (Å²) in [5.74, 6) is -0.415. The van der Waals surface area contributed by atoms with E-state index in [1.165, 1.54) is 20.3 Å². The Morgan fingerprint density at radius 1 is 1.45 bits per heavy atom. The van der Waals surface area contributed by atoms with E-state index in [2.05, 4.69) is 4.74 Å². The van der Waals surface area contributed by atoms with Gasteiger partial charge in [0.2, 0.25) is 0 Å². The van der Waals surface area contributed by atoms with Crippen molar-refractivity contribution in [3.8, 4) is 5.75 Å². The molecule has 0 amide bonds. The first-order valence-corrected chi connectivity index (χ1v) is 6.02. The standard InChI is InChI=1S/C13H18N2O5/c1-9(13(16)20-4)8-14(2)10-5-6-11(15(17)18)12(7-10)19-3/h5-7,9H,8H2,1-4H3. The topological polar surface area (TPSA) is 81.9 Å². The van der Waals surface area contributed by atoms with Gasteiger partial charge in [-0.2, -0.15) is 0 Å². The highest BCUT2D eigenvalue weighted by Crippen LogP contribution is 2.31. The molecule has 110 valence electrons. The summed E-state index contributed by atoms with van der Waals surface area (Å²) in [7, 11) is 4.51. The summed E-state index contributed by atoms with van der Waals surface area (Å²) in [6, 6.07) is 4.57. The van der Waals surface area contributed by atoms with E-state index in [1.54, 1.807) is 26.1 Å². The molecule has 1 aromatic rings. The fourth-order valence-corrected chi connectivity index (χ4v) is 1.85. The average Bonchev–Trinajstić information content (AvgIpc) is 2.45. The third-order valence-corrected chi connectivity index (χ3v) is 2.95. The Hall–Kier alpha value is -2.31. The third kappa shape index (κ3) is 3.59. The minimum Gasteiger partial charge on any atom is -0.490 e. The summed E-state index contributed by atoms with van der Waals surface area (Å²) >= 11 is 0. The molecule has 0 aliphatic heterocycles. The zero-order valence-electron chi connectivity index (χ0n) is 12.0. The fourth-order valence-electron chi connectivity index (χ4n) is 1.85. The highest BCUT2D eigenvalue weighted by atomic mass is 16.6. The number of nitrogens with zero attached hydrogens (tertiary/aromatic N) is 2. The number of nitro groups is 1. The van der Waals surface area contributed by atoms with Gasteiger partial charge in [0.25, 0.3) is 0 Å². The van der Waals surface area contributed by atoms with Gasteiger partial charge in [-0.05, 0) is 6.07 Å². The predicted octanol–water partition coefficient (Wildman–Crippen LogP) is 1.85. The van der Waals surface area contributed by atoms with E-state index >= 15 is 0 Å². The number of hydrogen-bond acceptors (Lipinski definition) is 6. The quantitative estimate of drug-likeness (QED) is 0.450. The van der Waals surface area contributed by atoms with Crippen LogP contribution in [0.3, 0.4) is 0 Å². The van der Waals surface area contributed by atoms with E-state index in [9.17, 15) is 14.9 Å². The molecule has 1 unspecified atom stereocenters. The third-order valence-electron chi connectivity index (χ3n) is 2.95. The van der Waals surface area contributed by atoms with Crippen LogP contribution >= 0.6 is 0 Å². The molecule has 7 nitrogen and oxygen atoms in total. The summed E-state index contributed by atoms with van der Waals surface area (Å²) in [6.45, 7) is 2.19. The zero-order valence-corrected chi connectivity index (χ0v) is 12.0. The van der Waals surface area contributed by atoms with Crippen LogP contribution < -0.4 is 9.64 Å². The van der Waals surface area contributed by atoms with Crippen molar-refractivity contribution in [2.45, 2.75) is 6.92 Å². The number of carbonyl (C=O) groups is 1. The Morgan fingerprint density at radius 2 is 2.10 bits per heavy atom. The van der Waals surface area contributed by atoms with Crippen molar-refractivity contribution in [3.63, 3.8) is 0 Å². The predicted molar refractivity (Wildman–Crippen MR) is 74.1 cm³/mol. The molecule has 0 spiro atoms. The van der Waals surface area contributed by atoms with Crippen molar-refractivity contribution < 1.29 is 19.2 Å². The van der Waals surface area contributed by atoms with Gasteiger partial charge in [-0.1, -0.05) is 6.92 Å². The smallest absolute Gasteiger partial charge is 0.311 e. The van der Waals surface area contributed by atoms with Crippen LogP contribution in [0.1, 0.15) is 6.92 Å². The molecule has 0 fully saturated rings. The van der Waals surface area contributed by atoms with Crippen molar-refractivity contribution in [3.05, 3.63) is 28.3 Å². The molecule has 20 heavy (non-hydrogen) atoms. The van der Waals surface area contributed by atoms with Crippen LogP contribution in [0.25, 0.3) is 0 Å². The Balaban J connectivity index is 2.91. The van der Waals surface area contributed by atoms with Crippen molar-refractivity contribution in [2.24, 2.45) is 5.92 Å². The van der Waals surface area contributed by atoms with Crippen molar-refractivity contribution in [1.82, 2.24) is 0 Å². The Morgan fingerprint density at radius 3 is 2.60 bits per heavy atom. The molecular formula is C13H18N2O5. The normalized spacial score (nSPS) is 11.6. The minimum atomic E-state index is -0.500. The van der Waals surface area contributed by atoms with Crippen LogP contribution in [-0.2, 0) is 9.53 Å². The summed E-state index contributed by atoms with van der Waals surface area (Å²) in [5, 5.41) is 10.8. The van der Waals surface area contributed by atoms with Gasteiger partial charge in [-0.15, -0.1) is 0 Å². The summed E-state index contributed by atoms with van der Waals surface area (Å²) in [6.07, 6.45) is 0.